The average Bonchev–Trinajstić information content (AvgIpc) is 3.53. The van der Waals surface area contributed by atoms with Crippen LogP contribution < -0.4 is 5.32 Å². The smallest absolute Gasteiger partial charge is 0.266 e. The number of anilines is 1. The molecule has 0 aliphatic heterocycles. The summed E-state index contributed by atoms with van der Waals surface area (Å²) in [6.45, 7) is 0. The van der Waals surface area contributed by atoms with Crippen LogP contribution in [0.3, 0.4) is 0 Å². The third kappa shape index (κ3) is 4.59. The van der Waals surface area contributed by atoms with E-state index in [-0.39, 0.29) is 18.0 Å². The molecule has 3 aromatic heterocycles. The number of rotatable bonds is 5. The van der Waals surface area contributed by atoms with Crippen molar-refractivity contribution in [2.75, 3.05) is 5.32 Å². The van der Waals surface area contributed by atoms with Crippen LogP contribution in [0.1, 0.15) is 5.56 Å². The van der Waals surface area contributed by atoms with Crippen LogP contribution in [0, 0.1) is 11.3 Å². The molecular formula is C26H18ClN5OS. The number of halogens is 1. The van der Waals surface area contributed by atoms with Gasteiger partial charge in [0.25, 0.3) is 5.91 Å². The van der Waals surface area contributed by atoms with Crippen LogP contribution in [0.4, 0.5) is 5.69 Å². The zero-order valence-corrected chi connectivity index (χ0v) is 19.4. The van der Waals surface area contributed by atoms with Gasteiger partial charge in [0.05, 0.1) is 21.8 Å². The van der Waals surface area contributed by atoms with Crippen molar-refractivity contribution >= 4 is 52.3 Å². The highest BCUT2D eigenvalue weighted by Gasteiger charge is 2.16. The second kappa shape index (κ2) is 10.1. The summed E-state index contributed by atoms with van der Waals surface area (Å²) in [6, 6.07) is 24.8. The van der Waals surface area contributed by atoms with Crippen molar-refractivity contribution in [2.45, 2.75) is 0 Å². The van der Waals surface area contributed by atoms with E-state index in [1.165, 1.54) is 0 Å². The van der Waals surface area contributed by atoms with Gasteiger partial charge in [0.15, 0.2) is 0 Å². The lowest BCUT2D eigenvalue weighted by atomic mass is 10.1. The van der Waals surface area contributed by atoms with Crippen LogP contribution in [-0.4, -0.2) is 20.7 Å². The number of hydrogen-bond acceptors (Lipinski definition) is 5. The van der Waals surface area contributed by atoms with Gasteiger partial charge < -0.3 is 5.32 Å². The lowest BCUT2D eigenvalue weighted by Crippen LogP contribution is -2.13. The summed E-state index contributed by atoms with van der Waals surface area (Å²) in [4.78, 5) is 18.3. The molecule has 6 nitrogen and oxygen atoms in total. The molecule has 0 bridgehead atoms. The zero-order chi connectivity index (χ0) is 22.6. The summed E-state index contributed by atoms with van der Waals surface area (Å²) < 4.78 is 1.75. The SMILES string of the molecule is Cl.N#C/C(=C\c1cn(-c2ccccc2)nc1-c1cccs1)C(=O)Nc1cccc2ncccc12. The van der Waals surface area contributed by atoms with E-state index in [9.17, 15) is 10.1 Å². The van der Waals surface area contributed by atoms with E-state index in [2.05, 4.69) is 10.3 Å². The monoisotopic (exact) mass is 483 g/mol. The number of pyridine rings is 1. The fourth-order valence-corrected chi connectivity index (χ4v) is 4.25. The van der Waals surface area contributed by atoms with Crippen molar-refractivity contribution in [1.82, 2.24) is 14.8 Å². The van der Waals surface area contributed by atoms with Crippen LogP contribution in [0.5, 0.6) is 0 Å². The third-order valence-electron chi connectivity index (χ3n) is 5.08. The number of nitriles is 1. The molecule has 0 aliphatic rings. The van der Waals surface area contributed by atoms with Gasteiger partial charge >= 0.3 is 0 Å². The molecule has 8 heteroatoms. The summed E-state index contributed by atoms with van der Waals surface area (Å²) in [5.74, 6) is -0.488. The molecule has 0 fully saturated rings. The Labute approximate surface area is 206 Å². The highest BCUT2D eigenvalue weighted by Crippen LogP contribution is 2.29. The maximum Gasteiger partial charge on any atom is 0.266 e. The Bertz CT molecular complexity index is 1510. The minimum atomic E-state index is -0.488. The summed E-state index contributed by atoms with van der Waals surface area (Å²) in [7, 11) is 0. The number of fused-ring (bicyclic) bond motifs is 1. The van der Waals surface area contributed by atoms with Crippen LogP contribution in [0.2, 0.25) is 0 Å². The topological polar surface area (TPSA) is 83.6 Å². The maximum atomic E-state index is 13.0. The molecule has 34 heavy (non-hydrogen) atoms. The number of amides is 1. The lowest BCUT2D eigenvalue weighted by Gasteiger charge is -2.07. The Morgan fingerprint density at radius 1 is 1.03 bits per heavy atom. The predicted octanol–water partition coefficient (Wildman–Crippen LogP) is 6.12. The first kappa shape index (κ1) is 22.9. The highest BCUT2D eigenvalue weighted by molar-refractivity contribution is 7.13. The number of para-hydroxylation sites is 1. The van der Waals surface area contributed by atoms with Crippen molar-refractivity contribution in [1.29, 1.82) is 5.26 Å². The zero-order valence-electron chi connectivity index (χ0n) is 17.8. The Kier molecular flexibility index (Phi) is 6.83. The molecule has 0 radical (unpaired) electrons. The molecule has 3 heterocycles. The Morgan fingerprint density at radius 3 is 2.65 bits per heavy atom. The largest absolute Gasteiger partial charge is 0.321 e. The number of benzene rings is 2. The standard InChI is InChI=1S/C26H17N5OS.ClH/c27-16-18(26(32)29-23-11-4-10-22-21(23)9-5-13-28-22)15-19-17-31(20-7-2-1-3-8-20)30-25(19)24-12-6-14-33-24;/h1-15,17H,(H,29,32);1H/b18-15+;. The van der Waals surface area contributed by atoms with E-state index in [4.69, 9.17) is 5.10 Å². The van der Waals surface area contributed by atoms with E-state index in [0.717, 1.165) is 21.5 Å². The fraction of sp³-hybridized carbons (Fsp3) is 0. The van der Waals surface area contributed by atoms with E-state index < -0.39 is 5.91 Å². The normalized spacial score (nSPS) is 11.0. The first-order valence-electron chi connectivity index (χ1n) is 10.2. The molecule has 5 aromatic rings. The number of nitrogens with zero attached hydrogens (tertiary/aromatic N) is 4. The lowest BCUT2D eigenvalue weighted by molar-refractivity contribution is -0.112. The van der Waals surface area contributed by atoms with Gasteiger partial charge in [-0.25, -0.2) is 4.68 Å². The van der Waals surface area contributed by atoms with Gasteiger partial charge in [0, 0.05) is 23.3 Å². The molecule has 0 saturated carbocycles. The first-order chi connectivity index (χ1) is 16.2. The van der Waals surface area contributed by atoms with Crippen LogP contribution in [-0.2, 0) is 4.79 Å². The number of aromatic nitrogens is 3. The van der Waals surface area contributed by atoms with Crippen molar-refractivity contribution in [3.05, 3.63) is 102 Å². The third-order valence-corrected chi connectivity index (χ3v) is 5.95. The first-order valence-corrected chi connectivity index (χ1v) is 11.1. The molecule has 0 saturated heterocycles. The summed E-state index contributed by atoms with van der Waals surface area (Å²) in [5, 5.41) is 20.1. The quantitative estimate of drug-likeness (QED) is 0.241. The van der Waals surface area contributed by atoms with Gasteiger partial charge in [-0.15, -0.1) is 23.7 Å². The molecule has 0 atom stereocenters. The van der Waals surface area contributed by atoms with Crippen LogP contribution >= 0.6 is 23.7 Å². The summed E-state index contributed by atoms with van der Waals surface area (Å²) >= 11 is 1.55. The molecule has 0 unspecified atom stereocenters. The highest BCUT2D eigenvalue weighted by atomic mass is 35.5. The van der Waals surface area contributed by atoms with E-state index in [1.807, 2.05) is 84.4 Å². The Hall–Kier alpha value is -4.25. The molecule has 1 amide bonds. The minimum absolute atomic E-state index is 0. The molecule has 2 aromatic carbocycles. The second-order valence-corrected chi connectivity index (χ2v) is 8.14. The summed E-state index contributed by atoms with van der Waals surface area (Å²) in [5.41, 5.74) is 3.64. The van der Waals surface area contributed by atoms with Crippen molar-refractivity contribution in [3.8, 4) is 22.3 Å². The van der Waals surface area contributed by atoms with Gasteiger partial charge in [-0.1, -0.05) is 30.3 Å². The van der Waals surface area contributed by atoms with E-state index >= 15 is 0 Å². The van der Waals surface area contributed by atoms with Crippen LogP contribution in [0.15, 0.2) is 96.1 Å². The maximum absolute atomic E-state index is 13.0. The fourth-order valence-electron chi connectivity index (χ4n) is 3.52. The van der Waals surface area contributed by atoms with Crippen LogP contribution in [0.25, 0.3) is 33.2 Å². The molecule has 0 spiro atoms. The predicted molar refractivity (Wildman–Crippen MR) is 138 cm³/mol. The van der Waals surface area contributed by atoms with E-state index in [1.54, 1.807) is 34.4 Å². The van der Waals surface area contributed by atoms with E-state index in [0.29, 0.717) is 16.9 Å². The summed E-state index contributed by atoms with van der Waals surface area (Å²) in [6.07, 6.45) is 5.11. The molecule has 0 aliphatic carbocycles. The molecular weight excluding hydrogens is 466 g/mol. The number of carbonyl (C=O) groups excluding carboxylic acids is 1. The number of carbonyl (C=O) groups is 1. The van der Waals surface area contributed by atoms with Gasteiger partial charge in [-0.2, -0.15) is 10.4 Å². The van der Waals surface area contributed by atoms with Gasteiger partial charge in [-0.05, 0) is 53.9 Å². The van der Waals surface area contributed by atoms with Gasteiger partial charge in [0.2, 0.25) is 0 Å². The minimum Gasteiger partial charge on any atom is -0.321 e. The van der Waals surface area contributed by atoms with Crippen molar-refractivity contribution in [2.24, 2.45) is 0 Å². The number of hydrogen-bond donors (Lipinski definition) is 1. The second-order valence-electron chi connectivity index (χ2n) is 7.19. The average molecular weight is 484 g/mol. The van der Waals surface area contributed by atoms with Gasteiger partial charge in [-0.3, -0.25) is 9.78 Å². The van der Waals surface area contributed by atoms with Gasteiger partial charge in [0.1, 0.15) is 17.3 Å². The molecule has 5 rings (SSSR count). The van der Waals surface area contributed by atoms with Crippen molar-refractivity contribution < 1.29 is 4.79 Å². The number of thiophene rings is 1. The molecule has 1 N–H and O–H groups in total. The Morgan fingerprint density at radius 2 is 1.88 bits per heavy atom. The Balaban J connectivity index is 0.00000274. The van der Waals surface area contributed by atoms with Crippen molar-refractivity contribution in [3.63, 3.8) is 0 Å². The number of nitrogens with one attached hydrogen (secondary N) is 1. The molecule has 166 valence electrons.